The van der Waals surface area contributed by atoms with E-state index >= 15 is 0 Å². The number of ether oxygens (including phenoxy) is 2. The molecule has 0 bridgehead atoms. The highest BCUT2D eigenvalue weighted by molar-refractivity contribution is 5.51. The molecule has 0 fully saturated rings. The van der Waals surface area contributed by atoms with Crippen molar-refractivity contribution in [3.05, 3.63) is 23.3 Å². The molecule has 0 saturated carbocycles. The van der Waals surface area contributed by atoms with Crippen LogP contribution in [0.3, 0.4) is 0 Å². The first-order valence-electron chi connectivity index (χ1n) is 5.26. The van der Waals surface area contributed by atoms with Gasteiger partial charge in [-0.15, -0.1) is 0 Å². The summed E-state index contributed by atoms with van der Waals surface area (Å²) in [6.07, 6.45) is 0. The van der Waals surface area contributed by atoms with Crippen molar-refractivity contribution in [2.24, 2.45) is 0 Å². The van der Waals surface area contributed by atoms with Gasteiger partial charge in [0.05, 0.1) is 14.2 Å². The quantitative estimate of drug-likeness (QED) is 0.755. The maximum absolute atomic E-state index is 8.76. The molecule has 0 radical (unpaired) electrons. The van der Waals surface area contributed by atoms with Crippen LogP contribution in [-0.2, 0) is 6.54 Å². The lowest BCUT2D eigenvalue weighted by atomic mass is 9.97. The van der Waals surface area contributed by atoms with Crippen molar-refractivity contribution >= 4 is 0 Å². The van der Waals surface area contributed by atoms with E-state index in [0.717, 1.165) is 22.6 Å². The lowest BCUT2D eigenvalue weighted by Gasteiger charge is -2.19. The molecule has 1 aromatic rings. The zero-order valence-electron chi connectivity index (χ0n) is 10.2. The van der Waals surface area contributed by atoms with Crippen molar-refractivity contribution in [3.63, 3.8) is 0 Å². The van der Waals surface area contributed by atoms with Gasteiger partial charge in [0.1, 0.15) is 11.5 Å². The second-order valence-electron chi connectivity index (χ2n) is 3.86. The molecule has 1 rings (SSSR count). The molecule has 1 aromatic carbocycles. The van der Waals surface area contributed by atoms with E-state index in [1.807, 2.05) is 12.1 Å². The number of benzene rings is 1. The molecule has 0 spiro atoms. The summed E-state index contributed by atoms with van der Waals surface area (Å²) in [4.78, 5) is 0. The zero-order chi connectivity index (χ0) is 12.1. The number of rotatable bonds is 5. The molecule has 0 atom stereocenters. The molecular weight excluding hydrogens is 206 g/mol. The molecule has 90 valence electrons. The Morgan fingerprint density at radius 2 is 1.94 bits per heavy atom. The molecule has 2 N–H and O–H groups in total. The highest BCUT2D eigenvalue weighted by Gasteiger charge is 2.17. The third-order valence-electron chi connectivity index (χ3n) is 2.51. The average Bonchev–Trinajstić information content (AvgIpc) is 2.28. The molecule has 0 aliphatic heterocycles. The first-order chi connectivity index (χ1) is 7.65. The van der Waals surface area contributed by atoms with Crippen LogP contribution in [0.4, 0.5) is 0 Å². The fourth-order valence-electron chi connectivity index (χ4n) is 1.82. The molecule has 0 amide bonds. The second-order valence-corrected chi connectivity index (χ2v) is 3.86. The largest absolute Gasteiger partial charge is 0.496 e. The summed E-state index contributed by atoms with van der Waals surface area (Å²) >= 11 is 0. The topological polar surface area (TPSA) is 50.7 Å². The van der Waals surface area contributed by atoms with Crippen molar-refractivity contribution in [2.75, 3.05) is 14.2 Å². The third-order valence-corrected chi connectivity index (χ3v) is 2.51. The van der Waals surface area contributed by atoms with Crippen LogP contribution in [0.25, 0.3) is 0 Å². The molecular formula is C12H19NO3. The van der Waals surface area contributed by atoms with E-state index < -0.39 is 0 Å². The van der Waals surface area contributed by atoms with Crippen LogP contribution < -0.4 is 15.0 Å². The monoisotopic (exact) mass is 225 g/mol. The fourth-order valence-corrected chi connectivity index (χ4v) is 1.82. The minimum Gasteiger partial charge on any atom is -0.496 e. The predicted molar refractivity (Wildman–Crippen MR) is 62.3 cm³/mol. The summed E-state index contributed by atoms with van der Waals surface area (Å²) in [5.74, 6) is 1.88. The van der Waals surface area contributed by atoms with Gasteiger partial charge in [0, 0.05) is 17.7 Å². The van der Waals surface area contributed by atoms with Crippen molar-refractivity contribution in [3.8, 4) is 11.5 Å². The average molecular weight is 225 g/mol. The van der Waals surface area contributed by atoms with Gasteiger partial charge < -0.3 is 14.7 Å². The molecule has 0 aliphatic carbocycles. The summed E-state index contributed by atoms with van der Waals surface area (Å²) in [5, 5.41) is 8.76. The fraction of sp³-hybridized carbons (Fsp3) is 0.500. The van der Waals surface area contributed by atoms with E-state index in [4.69, 9.17) is 14.7 Å². The maximum atomic E-state index is 8.76. The number of methoxy groups -OCH3 is 2. The lowest BCUT2D eigenvalue weighted by Crippen LogP contribution is -2.09. The zero-order valence-corrected chi connectivity index (χ0v) is 10.2. The molecule has 16 heavy (non-hydrogen) atoms. The van der Waals surface area contributed by atoms with Gasteiger partial charge in [-0.1, -0.05) is 19.9 Å². The van der Waals surface area contributed by atoms with Crippen molar-refractivity contribution in [1.29, 1.82) is 0 Å². The van der Waals surface area contributed by atoms with Gasteiger partial charge in [-0.3, -0.25) is 0 Å². The highest BCUT2D eigenvalue weighted by atomic mass is 16.5. The Labute approximate surface area is 96.1 Å². The SMILES string of the molecule is COc1ccc(CNO)c(OC)c1C(C)C. The van der Waals surface area contributed by atoms with Gasteiger partial charge in [-0.05, 0) is 12.0 Å². The Bertz CT molecular complexity index is 350. The van der Waals surface area contributed by atoms with Gasteiger partial charge in [-0.2, -0.15) is 0 Å². The number of hydroxylamine groups is 1. The molecule has 4 heteroatoms. The standard InChI is InChI=1S/C12H19NO3/c1-8(2)11-10(15-3)6-5-9(7-13-14)12(11)16-4/h5-6,8,13-14H,7H2,1-4H3. The van der Waals surface area contributed by atoms with Gasteiger partial charge in [0.2, 0.25) is 0 Å². The molecule has 0 heterocycles. The Kier molecular flexibility index (Phi) is 4.58. The molecule has 0 saturated heterocycles. The van der Waals surface area contributed by atoms with Crippen LogP contribution in [0.5, 0.6) is 11.5 Å². The Morgan fingerprint density at radius 1 is 1.25 bits per heavy atom. The van der Waals surface area contributed by atoms with Gasteiger partial charge in [0.15, 0.2) is 0 Å². The summed E-state index contributed by atoms with van der Waals surface area (Å²) in [5.41, 5.74) is 4.08. The number of hydrogen-bond acceptors (Lipinski definition) is 4. The molecule has 0 unspecified atom stereocenters. The van der Waals surface area contributed by atoms with E-state index in [1.54, 1.807) is 14.2 Å². The van der Waals surface area contributed by atoms with Crippen molar-refractivity contribution in [1.82, 2.24) is 5.48 Å². The predicted octanol–water partition coefficient (Wildman–Crippen LogP) is 2.31. The van der Waals surface area contributed by atoms with Gasteiger partial charge in [0.25, 0.3) is 0 Å². The minimum atomic E-state index is 0.295. The van der Waals surface area contributed by atoms with Gasteiger partial charge >= 0.3 is 0 Å². The number of nitrogens with one attached hydrogen (secondary N) is 1. The van der Waals surface area contributed by atoms with Gasteiger partial charge in [-0.25, -0.2) is 5.48 Å². The number of hydrogen-bond donors (Lipinski definition) is 2. The third kappa shape index (κ3) is 2.46. The van der Waals surface area contributed by atoms with E-state index in [1.165, 1.54) is 0 Å². The van der Waals surface area contributed by atoms with Crippen molar-refractivity contribution < 1.29 is 14.7 Å². The highest BCUT2D eigenvalue weighted by Crippen LogP contribution is 2.37. The van der Waals surface area contributed by atoms with E-state index in [0.29, 0.717) is 12.5 Å². The van der Waals surface area contributed by atoms with Crippen LogP contribution in [-0.4, -0.2) is 19.4 Å². The summed E-state index contributed by atoms with van der Waals surface area (Å²) in [6, 6.07) is 3.78. The first-order valence-corrected chi connectivity index (χ1v) is 5.26. The van der Waals surface area contributed by atoms with Crippen molar-refractivity contribution in [2.45, 2.75) is 26.3 Å². The lowest BCUT2D eigenvalue weighted by molar-refractivity contribution is 0.160. The van der Waals surface area contributed by atoms with Crippen LogP contribution in [0, 0.1) is 0 Å². The van der Waals surface area contributed by atoms with E-state index in [-0.39, 0.29) is 0 Å². The van der Waals surface area contributed by atoms with E-state index in [9.17, 15) is 0 Å². The smallest absolute Gasteiger partial charge is 0.130 e. The Hall–Kier alpha value is -1.26. The molecule has 0 aliphatic rings. The summed E-state index contributed by atoms with van der Waals surface area (Å²) in [6.45, 7) is 4.51. The normalized spacial score (nSPS) is 10.6. The van der Waals surface area contributed by atoms with E-state index in [2.05, 4.69) is 19.3 Å². The second kappa shape index (κ2) is 5.72. The minimum absolute atomic E-state index is 0.295. The summed E-state index contributed by atoms with van der Waals surface area (Å²) < 4.78 is 10.7. The maximum Gasteiger partial charge on any atom is 0.130 e. The first kappa shape index (κ1) is 12.8. The van der Waals surface area contributed by atoms with Crippen LogP contribution in [0.2, 0.25) is 0 Å². The summed E-state index contributed by atoms with van der Waals surface area (Å²) in [7, 11) is 3.27. The Balaban J connectivity index is 3.31. The Morgan fingerprint density at radius 3 is 2.38 bits per heavy atom. The van der Waals surface area contributed by atoms with Crippen LogP contribution >= 0.6 is 0 Å². The molecule has 0 aromatic heterocycles. The van der Waals surface area contributed by atoms with Crippen LogP contribution in [0.15, 0.2) is 12.1 Å². The van der Waals surface area contributed by atoms with Crippen LogP contribution in [0.1, 0.15) is 30.9 Å². The molecule has 4 nitrogen and oxygen atoms in total.